The molecule has 9 heteroatoms. The molecule has 2 aromatic rings. The number of fused-ring (bicyclic) bond motifs is 1. The zero-order valence-corrected chi connectivity index (χ0v) is 15.3. The summed E-state index contributed by atoms with van der Waals surface area (Å²) in [4.78, 5) is 25.6. The van der Waals surface area contributed by atoms with Crippen LogP contribution in [0.1, 0.15) is 27.8 Å². The van der Waals surface area contributed by atoms with Crippen molar-refractivity contribution in [3.8, 4) is 0 Å². The number of para-hydroxylation sites is 1. The fraction of sp³-hybridized carbons (Fsp3) is 0.294. The summed E-state index contributed by atoms with van der Waals surface area (Å²) in [7, 11) is -0.981. The molecule has 0 saturated heterocycles. The summed E-state index contributed by atoms with van der Waals surface area (Å²) in [6.45, 7) is 1.42. The number of benzene rings is 1. The lowest BCUT2D eigenvalue weighted by Gasteiger charge is -2.15. The molecule has 8 nitrogen and oxygen atoms in total. The van der Waals surface area contributed by atoms with Gasteiger partial charge < -0.3 is 14.4 Å². The maximum atomic E-state index is 12.9. The average Bonchev–Trinajstić information content (AvgIpc) is 3.15. The molecule has 3 rings (SSSR count). The predicted octanol–water partition coefficient (Wildman–Crippen LogP) is 1.67. The van der Waals surface area contributed by atoms with Crippen molar-refractivity contribution in [2.24, 2.45) is 0 Å². The van der Waals surface area contributed by atoms with E-state index in [4.69, 9.17) is 4.42 Å². The number of hydrogen-bond donors (Lipinski definition) is 1. The standard InChI is InChI=1S/C17H18N2O6S/c1-10-15(26(23,24)18(2)3)8-14(25-10)16(20)19-9-12(17(21)22)11-6-4-5-7-13(11)19/h4-8,12H,9H2,1-3H3,(H,21,22). The first-order valence-electron chi connectivity index (χ1n) is 7.81. The Bertz CT molecular complexity index is 992. The van der Waals surface area contributed by atoms with Gasteiger partial charge in [0.25, 0.3) is 5.91 Å². The van der Waals surface area contributed by atoms with Crippen LogP contribution in [0.3, 0.4) is 0 Å². The van der Waals surface area contributed by atoms with Crippen LogP contribution in [0.2, 0.25) is 0 Å². The first-order chi connectivity index (χ1) is 12.1. The lowest BCUT2D eigenvalue weighted by molar-refractivity contribution is -0.138. The monoisotopic (exact) mass is 378 g/mol. The van der Waals surface area contributed by atoms with Gasteiger partial charge in [-0.3, -0.25) is 9.59 Å². The number of anilines is 1. The minimum atomic E-state index is -3.75. The highest BCUT2D eigenvalue weighted by molar-refractivity contribution is 7.89. The summed E-state index contributed by atoms with van der Waals surface area (Å²) in [5.41, 5.74) is 1.02. The van der Waals surface area contributed by atoms with E-state index in [1.807, 2.05) is 0 Å². The van der Waals surface area contributed by atoms with E-state index in [1.165, 1.54) is 32.0 Å². The number of hydrogen-bond acceptors (Lipinski definition) is 5. The second-order valence-electron chi connectivity index (χ2n) is 6.18. The van der Waals surface area contributed by atoms with Crippen molar-refractivity contribution in [3.05, 3.63) is 47.4 Å². The zero-order valence-electron chi connectivity index (χ0n) is 14.5. The third-order valence-corrected chi connectivity index (χ3v) is 6.28. The topological polar surface area (TPSA) is 108 Å². The van der Waals surface area contributed by atoms with Crippen LogP contribution in [0.5, 0.6) is 0 Å². The Morgan fingerprint density at radius 1 is 1.27 bits per heavy atom. The van der Waals surface area contributed by atoms with E-state index in [0.717, 1.165) is 4.31 Å². The molecule has 0 aliphatic carbocycles. The molecule has 1 unspecified atom stereocenters. The van der Waals surface area contributed by atoms with Crippen LogP contribution >= 0.6 is 0 Å². The van der Waals surface area contributed by atoms with E-state index in [0.29, 0.717) is 11.3 Å². The van der Waals surface area contributed by atoms with Gasteiger partial charge in [0, 0.05) is 32.4 Å². The van der Waals surface area contributed by atoms with Crippen molar-refractivity contribution >= 4 is 27.6 Å². The van der Waals surface area contributed by atoms with E-state index in [2.05, 4.69) is 0 Å². The van der Waals surface area contributed by atoms with Gasteiger partial charge >= 0.3 is 5.97 Å². The average molecular weight is 378 g/mol. The lowest BCUT2D eigenvalue weighted by Crippen LogP contribution is -2.31. The number of sulfonamides is 1. The maximum Gasteiger partial charge on any atom is 0.312 e. The molecule has 2 heterocycles. The van der Waals surface area contributed by atoms with Crippen LogP contribution < -0.4 is 4.90 Å². The van der Waals surface area contributed by atoms with Gasteiger partial charge in [-0.1, -0.05) is 18.2 Å². The quantitative estimate of drug-likeness (QED) is 0.867. The van der Waals surface area contributed by atoms with Gasteiger partial charge in [0.2, 0.25) is 10.0 Å². The van der Waals surface area contributed by atoms with Crippen LogP contribution in [0.25, 0.3) is 0 Å². The number of carboxylic acid groups (broad SMARTS) is 1. The summed E-state index contributed by atoms with van der Waals surface area (Å²) < 4.78 is 31.1. The second-order valence-corrected chi connectivity index (χ2v) is 8.30. The molecule has 0 saturated carbocycles. The molecule has 1 aromatic heterocycles. The molecule has 1 aliphatic heterocycles. The fourth-order valence-electron chi connectivity index (χ4n) is 2.97. The Kier molecular flexibility index (Phi) is 4.37. The van der Waals surface area contributed by atoms with Crippen LogP contribution in [-0.4, -0.2) is 50.3 Å². The Labute approximate surface area is 150 Å². The number of carbonyl (C=O) groups is 2. The summed E-state index contributed by atoms with van der Waals surface area (Å²) in [6.07, 6.45) is 0. The highest BCUT2D eigenvalue weighted by Crippen LogP contribution is 2.37. The molecule has 1 amide bonds. The Morgan fingerprint density at radius 2 is 1.92 bits per heavy atom. The van der Waals surface area contributed by atoms with Gasteiger partial charge in [0.05, 0.1) is 0 Å². The molecular formula is C17H18N2O6S. The molecule has 1 N–H and O–H groups in total. The third kappa shape index (κ3) is 2.78. The van der Waals surface area contributed by atoms with E-state index in [-0.39, 0.29) is 23.0 Å². The van der Waals surface area contributed by atoms with Crippen molar-refractivity contribution in [2.75, 3.05) is 25.5 Å². The molecule has 0 fully saturated rings. The maximum absolute atomic E-state index is 12.9. The number of carbonyl (C=O) groups excluding carboxylic acids is 1. The SMILES string of the molecule is Cc1oc(C(=O)N2CC(C(=O)O)c3ccccc32)cc1S(=O)(=O)N(C)C. The fourth-order valence-corrected chi connectivity index (χ4v) is 4.02. The number of furan rings is 1. The summed E-state index contributed by atoms with van der Waals surface area (Å²) >= 11 is 0. The normalized spacial score (nSPS) is 16.8. The molecular weight excluding hydrogens is 360 g/mol. The largest absolute Gasteiger partial charge is 0.481 e. The first-order valence-corrected chi connectivity index (χ1v) is 9.25. The summed E-state index contributed by atoms with van der Waals surface area (Å²) in [5.74, 6) is -2.49. The summed E-state index contributed by atoms with van der Waals surface area (Å²) in [5, 5.41) is 9.40. The number of carboxylic acids is 1. The summed E-state index contributed by atoms with van der Waals surface area (Å²) in [6, 6.07) is 7.92. The molecule has 1 atom stereocenters. The predicted molar refractivity (Wildman–Crippen MR) is 92.8 cm³/mol. The van der Waals surface area contributed by atoms with E-state index in [1.54, 1.807) is 24.3 Å². The van der Waals surface area contributed by atoms with Gasteiger partial charge in [0.1, 0.15) is 16.6 Å². The number of amides is 1. The minimum absolute atomic E-state index is 0.0387. The lowest BCUT2D eigenvalue weighted by atomic mass is 10.0. The Balaban J connectivity index is 2.01. The van der Waals surface area contributed by atoms with Crippen molar-refractivity contribution < 1.29 is 27.5 Å². The molecule has 0 bridgehead atoms. The number of rotatable bonds is 4. The van der Waals surface area contributed by atoms with E-state index < -0.39 is 27.8 Å². The van der Waals surface area contributed by atoms with Gasteiger partial charge in [-0.2, -0.15) is 0 Å². The number of aliphatic carboxylic acids is 1. The molecule has 26 heavy (non-hydrogen) atoms. The Morgan fingerprint density at radius 3 is 2.54 bits per heavy atom. The minimum Gasteiger partial charge on any atom is -0.481 e. The van der Waals surface area contributed by atoms with Crippen molar-refractivity contribution in [1.82, 2.24) is 4.31 Å². The van der Waals surface area contributed by atoms with Crippen molar-refractivity contribution in [1.29, 1.82) is 0 Å². The van der Waals surface area contributed by atoms with Crippen LogP contribution in [0.4, 0.5) is 5.69 Å². The van der Waals surface area contributed by atoms with Gasteiger partial charge in [-0.25, -0.2) is 12.7 Å². The van der Waals surface area contributed by atoms with Crippen LogP contribution in [-0.2, 0) is 14.8 Å². The van der Waals surface area contributed by atoms with Gasteiger partial charge in [-0.05, 0) is 18.6 Å². The third-order valence-electron chi connectivity index (χ3n) is 4.35. The van der Waals surface area contributed by atoms with E-state index >= 15 is 0 Å². The highest BCUT2D eigenvalue weighted by atomic mass is 32.2. The second kappa shape index (κ2) is 6.26. The Hall–Kier alpha value is -2.65. The highest BCUT2D eigenvalue weighted by Gasteiger charge is 2.38. The zero-order chi connectivity index (χ0) is 19.2. The van der Waals surface area contributed by atoms with Crippen molar-refractivity contribution in [3.63, 3.8) is 0 Å². The smallest absolute Gasteiger partial charge is 0.312 e. The van der Waals surface area contributed by atoms with Gasteiger partial charge in [0.15, 0.2) is 5.76 Å². The molecule has 1 aliphatic rings. The first kappa shape index (κ1) is 18.2. The molecule has 138 valence electrons. The number of nitrogens with zero attached hydrogens (tertiary/aromatic N) is 2. The van der Waals surface area contributed by atoms with E-state index in [9.17, 15) is 23.1 Å². The number of aryl methyl sites for hydroxylation is 1. The van der Waals surface area contributed by atoms with Crippen LogP contribution in [0.15, 0.2) is 39.6 Å². The van der Waals surface area contributed by atoms with Crippen molar-refractivity contribution in [2.45, 2.75) is 17.7 Å². The van der Waals surface area contributed by atoms with Gasteiger partial charge in [-0.15, -0.1) is 0 Å². The van der Waals surface area contributed by atoms with Crippen LogP contribution in [0, 0.1) is 6.92 Å². The molecule has 0 radical (unpaired) electrons. The molecule has 0 spiro atoms. The molecule has 1 aromatic carbocycles.